The minimum absolute atomic E-state index is 0.0849. The lowest BCUT2D eigenvalue weighted by atomic mass is 9.77. The van der Waals surface area contributed by atoms with Gasteiger partial charge in [-0.15, -0.1) is 0 Å². The molecular formula is C17H24BrNO4S. The number of nitrogens with one attached hydrogen (secondary N) is 1. The summed E-state index contributed by atoms with van der Waals surface area (Å²) in [7, 11) is -3.47. The fourth-order valence-corrected chi connectivity index (χ4v) is 5.09. The fraction of sp³-hybridized carbons (Fsp3) is 0.647. The molecule has 3 rings (SSSR count). The maximum Gasteiger partial charge on any atom is 0.240 e. The van der Waals surface area contributed by atoms with E-state index in [1.54, 1.807) is 12.1 Å². The van der Waals surface area contributed by atoms with Crippen LogP contribution in [0.15, 0.2) is 29.2 Å². The van der Waals surface area contributed by atoms with E-state index < -0.39 is 10.0 Å². The number of hydrogen-bond acceptors (Lipinski definition) is 4. The van der Waals surface area contributed by atoms with E-state index in [1.165, 1.54) is 0 Å². The number of sulfonamides is 1. The summed E-state index contributed by atoms with van der Waals surface area (Å²) in [6.45, 7) is 3.34. The zero-order valence-corrected chi connectivity index (χ0v) is 16.2. The maximum atomic E-state index is 12.4. The van der Waals surface area contributed by atoms with E-state index >= 15 is 0 Å². The number of benzene rings is 1. The van der Waals surface area contributed by atoms with E-state index in [4.69, 9.17) is 9.47 Å². The maximum absolute atomic E-state index is 12.4. The van der Waals surface area contributed by atoms with Crippen molar-refractivity contribution in [3.8, 4) is 0 Å². The monoisotopic (exact) mass is 417 g/mol. The lowest BCUT2D eigenvalue weighted by Gasteiger charge is -2.46. The average molecular weight is 418 g/mol. The molecule has 7 heteroatoms. The van der Waals surface area contributed by atoms with Crippen LogP contribution in [0.2, 0.25) is 0 Å². The lowest BCUT2D eigenvalue weighted by Crippen LogP contribution is -2.58. The molecule has 2 aliphatic rings. The van der Waals surface area contributed by atoms with Gasteiger partial charge in [0.1, 0.15) is 0 Å². The quantitative estimate of drug-likeness (QED) is 0.692. The van der Waals surface area contributed by atoms with Gasteiger partial charge in [-0.3, -0.25) is 0 Å². The molecule has 1 aliphatic carbocycles. The van der Waals surface area contributed by atoms with Gasteiger partial charge in [-0.1, -0.05) is 33.6 Å². The molecule has 24 heavy (non-hydrogen) atoms. The van der Waals surface area contributed by atoms with Gasteiger partial charge in [-0.05, 0) is 44.7 Å². The Balaban J connectivity index is 1.53. The van der Waals surface area contributed by atoms with Crippen LogP contribution in [-0.2, 0) is 19.5 Å². The van der Waals surface area contributed by atoms with Gasteiger partial charge in [0.05, 0.1) is 23.2 Å². The SMILES string of the molecule is Cc1ccc(S(=O)(=O)NC2CC(CBr)(OCC3CCCO3)C2)cc1. The molecule has 134 valence electrons. The van der Waals surface area contributed by atoms with Crippen LogP contribution in [-0.4, -0.2) is 44.7 Å². The summed E-state index contributed by atoms with van der Waals surface area (Å²) in [6, 6.07) is 6.81. The number of ether oxygens (including phenoxy) is 2. The molecule has 1 saturated heterocycles. The molecule has 5 nitrogen and oxygen atoms in total. The predicted molar refractivity (Wildman–Crippen MR) is 96.0 cm³/mol. The van der Waals surface area contributed by atoms with E-state index in [0.29, 0.717) is 29.7 Å². The molecule has 1 aromatic carbocycles. The average Bonchev–Trinajstić information content (AvgIpc) is 3.03. The number of rotatable bonds is 7. The molecule has 2 fully saturated rings. The second-order valence-corrected chi connectivity index (χ2v) is 9.08. The van der Waals surface area contributed by atoms with Crippen molar-refractivity contribution in [2.75, 3.05) is 18.5 Å². The summed E-state index contributed by atoms with van der Waals surface area (Å²) in [5.41, 5.74) is 0.755. The van der Waals surface area contributed by atoms with Crippen molar-refractivity contribution in [2.24, 2.45) is 0 Å². The first-order chi connectivity index (χ1) is 11.4. The van der Waals surface area contributed by atoms with E-state index in [2.05, 4.69) is 20.7 Å². The molecule has 0 radical (unpaired) electrons. The van der Waals surface area contributed by atoms with E-state index in [1.807, 2.05) is 19.1 Å². The number of hydrogen-bond donors (Lipinski definition) is 1. The van der Waals surface area contributed by atoms with Crippen LogP contribution >= 0.6 is 15.9 Å². The molecule has 1 aliphatic heterocycles. The van der Waals surface area contributed by atoms with Crippen LogP contribution in [0.5, 0.6) is 0 Å². The summed E-state index contributed by atoms with van der Waals surface area (Å²) in [4.78, 5) is 0.310. The minimum Gasteiger partial charge on any atom is -0.376 e. The van der Waals surface area contributed by atoms with Crippen molar-refractivity contribution in [3.05, 3.63) is 29.8 Å². The highest BCUT2D eigenvalue weighted by molar-refractivity contribution is 9.09. The molecular weight excluding hydrogens is 394 g/mol. The highest BCUT2D eigenvalue weighted by Crippen LogP contribution is 2.39. The van der Waals surface area contributed by atoms with Crippen LogP contribution in [0.4, 0.5) is 0 Å². The van der Waals surface area contributed by atoms with Crippen LogP contribution in [0.3, 0.4) is 0 Å². The molecule has 1 aromatic rings. The molecule has 1 unspecified atom stereocenters. The van der Waals surface area contributed by atoms with E-state index in [-0.39, 0.29) is 17.7 Å². The van der Waals surface area contributed by atoms with E-state index in [0.717, 1.165) is 25.0 Å². The predicted octanol–water partition coefficient (Wildman–Crippen LogP) is 2.77. The Morgan fingerprint density at radius 1 is 1.33 bits per heavy atom. The molecule has 1 saturated carbocycles. The number of halogens is 1. The normalized spacial score (nSPS) is 30.2. The van der Waals surface area contributed by atoms with Crippen molar-refractivity contribution in [1.82, 2.24) is 4.72 Å². The summed E-state index contributed by atoms with van der Waals surface area (Å²) < 4.78 is 39.3. The van der Waals surface area contributed by atoms with Gasteiger partial charge < -0.3 is 9.47 Å². The lowest BCUT2D eigenvalue weighted by molar-refractivity contribution is -0.119. The van der Waals surface area contributed by atoms with Crippen molar-refractivity contribution in [1.29, 1.82) is 0 Å². The van der Waals surface area contributed by atoms with Gasteiger partial charge in [-0.25, -0.2) is 13.1 Å². The van der Waals surface area contributed by atoms with E-state index in [9.17, 15) is 8.42 Å². The van der Waals surface area contributed by atoms with Crippen molar-refractivity contribution >= 4 is 26.0 Å². The Kier molecular flexibility index (Phi) is 5.66. The molecule has 0 amide bonds. The van der Waals surface area contributed by atoms with Crippen LogP contribution < -0.4 is 4.72 Å². The van der Waals surface area contributed by atoms with Gasteiger partial charge in [0.25, 0.3) is 0 Å². The van der Waals surface area contributed by atoms with Crippen LogP contribution in [0, 0.1) is 6.92 Å². The summed E-state index contributed by atoms with van der Waals surface area (Å²) in [6.07, 6.45) is 3.67. The summed E-state index contributed by atoms with van der Waals surface area (Å²) in [5.74, 6) is 0. The third-order valence-electron chi connectivity index (χ3n) is 4.73. The van der Waals surface area contributed by atoms with Crippen LogP contribution in [0.25, 0.3) is 0 Å². The molecule has 1 N–H and O–H groups in total. The molecule has 1 heterocycles. The Morgan fingerprint density at radius 2 is 2.04 bits per heavy atom. The third-order valence-corrected chi connectivity index (χ3v) is 7.29. The fourth-order valence-electron chi connectivity index (χ4n) is 3.24. The standard InChI is InChI=1S/C17H24BrNO4S/c1-13-4-6-16(7-5-13)24(20,21)19-14-9-17(10-14,12-18)23-11-15-3-2-8-22-15/h4-7,14-15,19H,2-3,8-12H2,1H3. The zero-order valence-electron chi connectivity index (χ0n) is 13.8. The van der Waals surface area contributed by atoms with Crippen molar-refractivity contribution in [3.63, 3.8) is 0 Å². The number of aryl methyl sites for hydroxylation is 1. The number of alkyl halides is 1. The summed E-state index contributed by atoms with van der Waals surface area (Å²) in [5, 5.41) is 0.704. The van der Waals surface area contributed by atoms with Gasteiger partial charge in [0, 0.05) is 18.0 Å². The second-order valence-electron chi connectivity index (χ2n) is 6.80. The van der Waals surface area contributed by atoms with Gasteiger partial charge in [0.2, 0.25) is 10.0 Å². The topological polar surface area (TPSA) is 64.6 Å². The Hall–Kier alpha value is -0.470. The van der Waals surface area contributed by atoms with Gasteiger partial charge >= 0.3 is 0 Å². The molecule has 1 atom stereocenters. The first kappa shape index (κ1) is 18.3. The zero-order chi connectivity index (χ0) is 17.2. The van der Waals surface area contributed by atoms with Crippen molar-refractivity contribution in [2.45, 2.75) is 55.2 Å². The molecule has 0 aromatic heterocycles. The van der Waals surface area contributed by atoms with Crippen molar-refractivity contribution < 1.29 is 17.9 Å². The minimum atomic E-state index is -3.47. The molecule has 0 bridgehead atoms. The third kappa shape index (κ3) is 4.19. The highest BCUT2D eigenvalue weighted by atomic mass is 79.9. The first-order valence-corrected chi connectivity index (χ1v) is 10.9. The summed E-state index contributed by atoms with van der Waals surface area (Å²) >= 11 is 3.51. The smallest absolute Gasteiger partial charge is 0.240 e. The molecule has 0 spiro atoms. The first-order valence-electron chi connectivity index (χ1n) is 8.33. The second kappa shape index (κ2) is 7.41. The highest BCUT2D eigenvalue weighted by Gasteiger charge is 2.46. The Morgan fingerprint density at radius 3 is 2.62 bits per heavy atom. The Bertz CT molecular complexity index is 650. The Labute approximate surface area is 152 Å². The van der Waals surface area contributed by atoms with Gasteiger partial charge in [-0.2, -0.15) is 0 Å². The van der Waals surface area contributed by atoms with Gasteiger partial charge in [0.15, 0.2) is 0 Å². The largest absolute Gasteiger partial charge is 0.376 e. The van der Waals surface area contributed by atoms with Crippen LogP contribution in [0.1, 0.15) is 31.2 Å².